The molecule has 1 aromatic carbocycles. The number of benzene rings is 1. The summed E-state index contributed by atoms with van der Waals surface area (Å²) in [7, 11) is 1.82. The van der Waals surface area contributed by atoms with E-state index in [0.29, 0.717) is 5.75 Å². The second kappa shape index (κ2) is 4.88. The van der Waals surface area contributed by atoms with Crippen LogP contribution in [0, 0.1) is 0 Å². The molecule has 1 N–H and O–H groups in total. The van der Waals surface area contributed by atoms with E-state index in [2.05, 4.69) is 5.32 Å². The number of carbonyl (C=O) groups is 1. The molecule has 0 heterocycles. The molecule has 1 aromatic rings. The predicted molar refractivity (Wildman–Crippen MR) is 62.9 cm³/mol. The monoisotopic (exact) mass is 223 g/mol. The Kier molecular flexibility index (Phi) is 3.77. The molecule has 0 aliphatic carbocycles. The second-order valence-corrected chi connectivity index (χ2v) is 4.34. The second-order valence-electron chi connectivity index (χ2n) is 4.34. The zero-order valence-corrected chi connectivity index (χ0v) is 10.0. The van der Waals surface area contributed by atoms with Crippen molar-refractivity contribution in [2.24, 2.45) is 0 Å². The number of hydrogen-bond donors (Lipinski definition) is 1. The number of anilines is 1. The normalized spacial score (nSPS) is 10.8. The Bertz CT molecular complexity index is 352. The van der Waals surface area contributed by atoms with E-state index in [0.717, 1.165) is 5.69 Å². The lowest BCUT2D eigenvalue weighted by Crippen LogP contribution is -2.25. The van der Waals surface area contributed by atoms with E-state index in [9.17, 15) is 4.79 Å². The molecule has 0 spiro atoms. The topological polar surface area (TPSA) is 47.6 Å². The van der Waals surface area contributed by atoms with Crippen molar-refractivity contribution in [3.63, 3.8) is 0 Å². The Labute approximate surface area is 95.6 Å². The van der Waals surface area contributed by atoms with E-state index in [1.807, 2.05) is 19.2 Å². The van der Waals surface area contributed by atoms with Gasteiger partial charge in [-0.05, 0) is 45.0 Å². The third kappa shape index (κ3) is 4.21. The lowest BCUT2D eigenvalue weighted by molar-refractivity contribution is 0.0206. The molecular weight excluding hydrogens is 206 g/mol. The minimum absolute atomic E-state index is 0.466. The Balaban J connectivity index is 2.56. The first-order chi connectivity index (χ1) is 7.40. The van der Waals surface area contributed by atoms with Crippen LogP contribution in [0.15, 0.2) is 24.3 Å². The van der Waals surface area contributed by atoms with Gasteiger partial charge >= 0.3 is 6.16 Å². The van der Waals surface area contributed by atoms with Gasteiger partial charge in [-0.25, -0.2) is 4.79 Å². The van der Waals surface area contributed by atoms with Gasteiger partial charge in [0.2, 0.25) is 0 Å². The molecule has 0 aliphatic rings. The van der Waals surface area contributed by atoms with Crippen molar-refractivity contribution >= 4 is 11.8 Å². The van der Waals surface area contributed by atoms with Gasteiger partial charge in [-0.3, -0.25) is 0 Å². The van der Waals surface area contributed by atoms with Crippen LogP contribution >= 0.6 is 0 Å². The lowest BCUT2D eigenvalue weighted by Gasteiger charge is -2.18. The van der Waals surface area contributed by atoms with Crippen LogP contribution < -0.4 is 10.1 Å². The fraction of sp³-hybridized carbons (Fsp3) is 0.417. The standard InChI is InChI=1S/C12H17NO3/c1-12(2,3)16-11(14)15-10-7-5-9(13-4)6-8-10/h5-8,13H,1-4H3. The number of ether oxygens (including phenoxy) is 2. The van der Waals surface area contributed by atoms with Crippen molar-refractivity contribution < 1.29 is 14.3 Å². The first kappa shape index (κ1) is 12.4. The van der Waals surface area contributed by atoms with Crippen LogP contribution in [-0.2, 0) is 4.74 Å². The highest BCUT2D eigenvalue weighted by molar-refractivity contribution is 5.64. The summed E-state index contributed by atoms with van der Waals surface area (Å²) in [4.78, 5) is 11.3. The van der Waals surface area contributed by atoms with Crippen LogP contribution in [-0.4, -0.2) is 18.8 Å². The highest BCUT2D eigenvalue weighted by Crippen LogP contribution is 2.17. The maximum absolute atomic E-state index is 11.3. The van der Waals surface area contributed by atoms with Gasteiger partial charge in [0.25, 0.3) is 0 Å². The fourth-order valence-electron chi connectivity index (χ4n) is 1.06. The van der Waals surface area contributed by atoms with Crippen molar-refractivity contribution in [1.82, 2.24) is 0 Å². The minimum atomic E-state index is -0.690. The van der Waals surface area contributed by atoms with E-state index in [4.69, 9.17) is 9.47 Å². The fourth-order valence-corrected chi connectivity index (χ4v) is 1.06. The summed E-state index contributed by atoms with van der Waals surface area (Å²) in [6.45, 7) is 5.37. The zero-order chi connectivity index (χ0) is 12.2. The largest absolute Gasteiger partial charge is 0.514 e. The molecule has 0 aliphatic heterocycles. The van der Waals surface area contributed by atoms with Crippen molar-refractivity contribution in [3.05, 3.63) is 24.3 Å². The Morgan fingerprint density at radius 1 is 1.19 bits per heavy atom. The molecule has 0 amide bonds. The lowest BCUT2D eigenvalue weighted by atomic mass is 10.2. The average molecular weight is 223 g/mol. The SMILES string of the molecule is CNc1ccc(OC(=O)OC(C)(C)C)cc1. The molecule has 0 aromatic heterocycles. The molecule has 1 rings (SSSR count). The van der Waals surface area contributed by atoms with Gasteiger partial charge < -0.3 is 14.8 Å². The van der Waals surface area contributed by atoms with Gasteiger partial charge in [0.1, 0.15) is 11.4 Å². The van der Waals surface area contributed by atoms with Gasteiger partial charge in [-0.15, -0.1) is 0 Å². The summed E-state index contributed by atoms with van der Waals surface area (Å²) in [6, 6.07) is 7.05. The van der Waals surface area contributed by atoms with Crippen LogP contribution in [0.25, 0.3) is 0 Å². The zero-order valence-electron chi connectivity index (χ0n) is 10.0. The van der Waals surface area contributed by atoms with Gasteiger partial charge in [0, 0.05) is 12.7 Å². The average Bonchev–Trinajstić information content (AvgIpc) is 2.16. The molecule has 0 saturated heterocycles. The molecule has 16 heavy (non-hydrogen) atoms. The number of hydrogen-bond acceptors (Lipinski definition) is 4. The number of nitrogens with one attached hydrogen (secondary N) is 1. The third-order valence-electron chi connectivity index (χ3n) is 1.73. The third-order valence-corrected chi connectivity index (χ3v) is 1.73. The highest BCUT2D eigenvalue weighted by atomic mass is 16.7. The van der Waals surface area contributed by atoms with Crippen molar-refractivity contribution in [1.29, 1.82) is 0 Å². The molecule has 0 bridgehead atoms. The van der Waals surface area contributed by atoms with Crippen molar-refractivity contribution in [2.45, 2.75) is 26.4 Å². The first-order valence-corrected chi connectivity index (χ1v) is 5.09. The summed E-state index contributed by atoms with van der Waals surface area (Å²) in [5.74, 6) is 0.466. The summed E-state index contributed by atoms with van der Waals surface area (Å²) < 4.78 is 10.0. The van der Waals surface area contributed by atoms with Crippen LogP contribution in [0.4, 0.5) is 10.5 Å². The Hall–Kier alpha value is -1.71. The quantitative estimate of drug-likeness (QED) is 0.618. The summed E-state index contributed by atoms with van der Waals surface area (Å²) in [5, 5.41) is 2.97. The van der Waals surface area contributed by atoms with E-state index in [-0.39, 0.29) is 0 Å². The van der Waals surface area contributed by atoms with E-state index in [1.165, 1.54) is 0 Å². The molecule has 4 nitrogen and oxygen atoms in total. The Morgan fingerprint density at radius 2 is 1.75 bits per heavy atom. The van der Waals surface area contributed by atoms with Crippen LogP contribution in [0.2, 0.25) is 0 Å². The van der Waals surface area contributed by atoms with E-state index >= 15 is 0 Å². The summed E-state index contributed by atoms with van der Waals surface area (Å²) >= 11 is 0. The molecule has 0 unspecified atom stereocenters. The maximum Gasteiger partial charge on any atom is 0.514 e. The number of rotatable bonds is 2. The summed E-state index contributed by atoms with van der Waals surface area (Å²) in [6.07, 6.45) is -0.690. The first-order valence-electron chi connectivity index (χ1n) is 5.09. The molecule has 0 radical (unpaired) electrons. The summed E-state index contributed by atoms with van der Waals surface area (Å²) in [5.41, 5.74) is 0.415. The predicted octanol–water partition coefficient (Wildman–Crippen LogP) is 3.04. The molecule has 0 saturated carbocycles. The molecule has 88 valence electrons. The maximum atomic E-state index is 11.3. The smallest absolute Gasteiger partial charge is 0.428 e. The van der Waals surface area contributed by atoms with E-state index < -0.39 is 11.8 Å². The Morgan fingerprint density at radius 3 is 2.19 bits per heavy atom. The van der Waals surface area contributed by atoms with Gasteiger partial charge in [-0.2, -0.15) is 0 Å². The van der Waals surface area contributed by atoms with E-state index in [1.54, 1.807) is 32.9 Å². The number of carbonyl (C=O) groups excluding carboxylic acids is 1. The molecule has 0 fully saturated rings. The molecule has 4 heteroatoms. The molecule has 0 atom stereocenters. The van der Waals surface area contributed by atoms with Crippen LogP contribution in [0.5, 0.6) is 5.75 Å². The molecular formula is C12H17NO3. The van der Waals surface area contributed by atoms with Gasteiger partial charge in [0.05, 0.1) is 0 Å². The van der Waals surface area contributed by atoms with Gasteiger partial charge in [0.15, 0.2) is 0 Å². The highest BCUT2D eigenvalue weighted by Gasteiger charge is 2.17. The van der Waals surface area contributed by atoms with Crippen molar-refractivity contribution in [2.75, 3.05) is 12.4 Å². The van der Waals surface area contributed by atoms with Crippen LogP contribution in [0.3, 0.4) is 0 Å². The van der Waals surface area contributed by atoms with Gasteiger partial charge in [-0.1, -0.05) is 0 Å². The van der Waals surface area contributed by atoms with Crippen LogP contribution in [0.1, 0.15) is 20.8 Å². The minimum Gasteiger partial charge on any atom is -0.428 e. The van der Waals surface area contributed by atoms with Crippen molar-refractivity contribution in [3.8, 4) is 5.75 Å².